The zero-order valence-corrected chi connectivity index (χ0v) is 19.4. The van der Waals surface area contributed by atoms with E-state index in [1.165, 1.54) is 24.1 Å². The Morgan fingerprint density at radius 3 is 2.93 bits per heavy atom. The molecule has 0 radical (unpaired) electrons. The van der Waals surface area contributed by atoms with Gasteiger partial charge in [0.2, 0.25) is 0 Å². The van der Waals surface area contributed by atoms with Gasteiger partial charge < -0.3 is 20.3 Å². The Kier molecular flexibility index (Phi) is 9.45. The predicted octanol–water partition coefficient (Wildman–Crippen LogP) is 3.83. The lowest BCUT2D eigenvalue weighted by molar-refractivity contribution is 0.114. The van der Waals surface area contributed by atoms with Crippen LogP contribution in [0.4, 0.5) is 5.69 Å². The number of benzene rings is 1. The summed E-state index contributed by atoms with van der Waals surface area (Å²) >= 11 is 6.18. The molecule has 1 aromatic rings. The molecule has 0 bridgehead atoms. The number of halogens is 2. The molecule has 0 saturated carbocycles. The zero-order chi connectivity index (χ0) is 18.4. The monoisotopic (exact) mass is 506 g/mol. The Morgan fingerprint density at radius 2 is 2.19 bits per heavy atom. The molecular weight excluding hydrogens is 475 g/mol. The molecule has 2 unspecified atom stereocenters. The molecule has 27 heavy (non-hydrogen) atoms. The summed E-state index contributed by atoms with van der Waals surface area (Å²) in [6.07, 6.45) is 3.80. The van der Waals surface area contributed by atoms with Crippen molar-refractivity contribution in [2.75, 3.05) is 44.2 Å². The third-order valence-corrected chi connectivity index (χ3v) is 5.41. The lowest BCUT2D eigenvalue weighted by atomic mass is 10.1. The fraction of sp³-hybridized carbons (Fsp3) is 0.650. The molecule has 5 nitrogen and oxygen atoms in total. The average molecular weight is 507 g/mol. The highest BCUT2D eigenvalue weighted by Gasteiger charge is 2.24. The number of guanidine groups is 1. The predicted molar refractivity (Wildman–Crippen MR) is 125 cm³/mol. The van der Waals surface area contributed by atoms with Gasteiger partial charge in [0, 0.05) is 50.0 Å². The lowest BCUT2D eigenvalue weighted by Crippen LogP contribution is -2.41. The molecule has 0 amide bonds. The molecule has 2 aliphatic rings. The van der Waals surface area contributed by atoms with Crippen LogP contribution in [0.5, 0.6) is 0 Å². The average Bonchev–Trinajstić information content (AvgIpc) is 3.31. The van der Waals surface area contributed by atoms with Gasteiger partial charge in [-0.15, -0.1) is 24.0 Å². The topological polar surface area (TPSA) is 48.9 Å². The SMILES string of the molecule is CCNC(=NCC1CCN(c2cc(Cl)ccc2C)C1)NCC1CCCO1.I. The number of anilines is 1. The van der Waals surface area contributed by atoms with Crippen LogP contribution in [0.2, 0.25) is 5.02 Å². The molecule has 2 fully saturated rings. The van der Waals surface area contributed by atoms with Crippen molar-refractivity contribution in [3.63, 3.8) is 0 Å². The molecule has 2 atom stereocenters. The van der Waals surface area contributed by atoms with Gasteiger partial charge >= 0.3 is 0 Å². The second kappa shape index (κ2) is 11.3. The number of nitrogens with zero attached hydrogens (tertiary/aromatic N) is 2. The van der Waals surface area contributed by atoms with Crippen LogP contribution in [0.15, 0.2) is 23.2 Å². The van der Waals surface area contributed by atoms with Gasteiger partial charge in [-0.05, 0) is 56.7 Å². The van der Waals surface area contributed by atoms with E-state index in [2.05, 4.69) is 41.5 Å². The number of hydrogen-bond acceptors (Lipinski definition) is 3. The summed E-state index contributed by atoms with van der Waals surface area (Å²) in [5.41, 5.74) is 2.54. The third kappa shape index (κ3) is 6.68. The molecule has 2 N–H and O–H groups in total. The molecule has 2 saturated heterocycles. The minimum absolute atomic E-state index is 0. The van der Waals surface area contributed by atoms with Crippen LogP contribution in [0.25, 0.3) is 0 Å². The van der Waals surface area contributed by atoms with Crippen molar-refractivity contribution in [3.8, 4) is 0 Å². The van der Waals surface area contributed by atoms with Crippen LogP contribution in [0.1, 0.15) is 31.7 Å². The maximum absolute atomic E-state index is 6.18. The maximum atomic E-state index is 6.18. The maximum Gasteiger partial charge on any atom is 0.191 e. The summed E-state index contributed by atoms with van der Waals surface area (Å²) in [7, 11) is 0. The summed E-state index contributed by atoms with van der Waals surface area (Å²) in [6, 6.07) is 6.14. The van der Waals surface area contributed by atoms with Crippen LogP contribution in [0.3, 0.4) is 0 Å². The number of hydrogen-bond donors (Lipinski definition) is 2. The Hall–Kier alpha value is -0.730. The first-order chi connectivity index (χ1) is 12.7. The number of ether oxygens (including phenoxy) is 1. The minimum atomic E-state index is 0. The summed E-state index contributed by atoms with van der Waals surface area (Å²) in [4.78, 5) is 7.25. The Labute approximate surface area is 185 Å². The van der Waals surface area contributed by atoms with E-state index in [0.29, 0.717) is 12.0 Å². The highest BCUT2D eigenvalue weighted by Crippen LogP contribution is 2.29. The molecular formula is C20H32ClIN4O. The van der Waals surface area contributed by atoms with E-state index in [-0.39, 0.29) is 24.0 Å². The highest BCUT2D eigenvalue weighted by atomic mass is 127. The molecule has 0 spiro atoms. The van der Waals surface area contributed by atoms with E-state index in [4.69, 9.17) is 21.3 Å². The minimum Gasteiger partial charge on any atom is -0.376 e. The van der Waals surface area contributed by atoms with Gasteiger partial charge in [-0.1, -0.05) is 17.7 Å². The molecule has 2 aliphatic heterocycles. The van der Waals surface area contributed by atoms with E-state index in [0.717, 1.165) is 56.7 Å². The smallest absolute Gasteiger partial charge is 0.191 e. The first-order valence-corrected chi connectivity index (χ1v) is 10.2. The van der Waals surface area contributed by atoms with Crippen LogP contribution in [-0.4, -0.2) is 51.4 Å². The first kappa shape index (κ1) is 22.6. The Balaban J connectivity index is 0.00000261. The van der Waals surface area contributed by atoms with Crippen molar-refractivity contribution in [1.29, 1.82) is 0 Å². The van der Waals surface area contributed by atoms with E-state index >= 15 is 0 Å². The van der Waals surface area contributed by atoms with Gasteiger partial charge in [0.05, 0.1) is 6.10 Å². The van der Waals surface area contributed by atoms with Gasteiger partial charge in [0.25, 0.3) is 0 Å². The number of nitrogens with one attached hydrogen (secondary N) is 2. The molecule has 3 rings (SSSR count). The Bertz CT molecular complexity index is 622. The normalized spacial score (nSPS) is 22.6. The largest absolute Gasteiger partial charge is 0.376 e. The van der Waals surface area contributed by atoms with Crippen molar-refractivity contribution >= 4 is 47.2 Å². The fourth-order valence-corrected chi connectivity index (χ4v) is 3.87. The second-order valence-corrected chi connectivity index (χ2v) is 7.70. The van der Waals surface area contributed by atoms with Crippen molar-refractivity contribution in [1.82, 2.24) is 10.6 Å². The number of aliphatic imine (C=N–C) groups is 1. The van der Waals surface area contributed by atoms with Crippen molar-refractivity contribution in [3.05, 3.63) is 28.8 Å². The van der Waals surface area contributed by atoms with Crippen molar-refractivity contribution < 1.29 is 4.74 Å². The van der Waals surface area contributed by atoms with Gasteiger partial charge in [0.15, 0.2) is 5.96 Å². The Morgan fingerprint density at radius 1 is 1.33 bits per heavy atom. The summed E-state index contributed by atoms with van der Waals surface area (Å²) in [6.45, 7) is 9.80. The fourth-order valence-electron chi connectivity index (χ4n) is 3.70. The number of rotatable bonds is 6. The molecule has 2 heterocycles. The van der Waals surface area contributed by atoms with E-state index in [9.17, 15) is 0 Å². The van der Waals surface area contributed by atoms with E-state index in [1.807, 2.05) is 6.07 Å². The summed E-state index contributed by atoms with van der Waals surface area (Å²) < 4.78 is 5.68. The molecule has 0 aliphatic carbocycles. The quantitative estimate of drug-likeness (QED) is 0.350. The van der Waals surface area contributed by atoms with Crippen molar-refractivity contribution in [2.45, 2.75) is 39.2 Å². The molecule has 152 valence electrons. The first-order valence-electron chi connectivity index (χ1n) is 9.80. The second-order valence-electron chi connectivity index (χ2n) is 7.27. The zero-order valence-electron chi connectivity index (χ0n) is 16.3. The van der Waals surface area contributed by atoms with Crippen LogP contribution in [-0.2, 0) is 4.74 Å². The number of aryl methyl sites for hydroxylation is 1. The molecule has 7 heteroatoms. The van der Waals surface area contributed by atoms with Gasteiger partial charge in [-0.2, -0.15) is 0 Å². The third-order valence-electron chi connectivity index (χ3n) is 5.17. The van der Waals surface area contributed by atoms with E-state index < -0.39 is 0 Å². The van der Waals surface area contributed by atoms with Gasteiger partial charge in [0.1, 0.15) is 0 Å². The summed E-state index contributed by atoms with van der Waals surface area (Å²) in [5.74, 6) is 1.48. The van der Waals surface area contributed by atoms with E-state index in [1.54, 1.807) is 0 Å². The van der Waals surface area contributed by atoms with Gasteiger partial charge in [-0.3, -0.25) is 4.99 Å². The van der Waals surface area contributed by atoms with Gasteiger partial charge in [-0.25, -0.2) is 0 Å². The molecule has 1 aromatic carbocycles. The summed E-state index contributed by atoms with van der Waals surface area (Å²) in [5, 5.41) is 7.58. The van der Waals surface area contributed by atoms with Crippen LogP contribution >= 0.6 is 35.6 Å². The highest BCUT2D eigenvalue weighted by molar-refractivity contribution is 14.0. The van der Waals surface area contributed by atoms with Crippen molar-refractivity contribution in [2.24, 2.45) is 10.9 Å². The lowest BCUT2D eigenvalue weighted by Gasteiger charge is -2.21. The standard InChI is InChI=1S/C20H31ClN4O.HI/c1-3-22-20(24-13-18-5-4-10-26-18)23-12-16-8-9-25(14-16)19-11-17(21)7-6-15(19)2;/h6-7,11,16,18H,3-5,8-10,12-14H2,1-2H3,(H2,22,23,24);1H. The molecule has 0 aromatic heterocycles. The van der Waals surface area contributed by atoms with Crippen LogP contribution < -0.4 is 15.5 Å². The van der Waals surface area contributed by atoms with Crippen LogP contribution in [0, 0.1) is 12.8 Å².